The van der Waals surface area contributed by atoms with Gasteiger partial charge in [0, 0.05) is 23.9 Å². The van der Waals surface area contributed by atoms with E-state index in [1.54, 1.807) is 23.5 Å². The molecule has 1 aliphatic carbocycles. The van der Waals surface area contributed by atoms with Gasteiger partial charge in [-0.05, 0) is 63.3 Å². The Labute approximate surface area is 170 Å². The third-order valence-corrected chi connectivity index (χ3v) is 5.74. The van der Waals surface area contributed by atoms with Crippen molar-refractivity contribution in [3.8, 4) is 11.5 Å². The molecule has 0 aliphatic heterocycles. The highest BCUT2D eigenvalue weighted by atomic mass is 32.1. The maximum atomic E-state index is 12.1. The van der Waals surface area contributed by atoms with Gasteiger partial charge in [0.2, 0.25) is 5.91 Å². The van der Waals surface area contributed by atoms with E-state index in [0.29, 0.717) is 25.5 Å². The highest BCUT2D eigenvalue weighted by molar-refractivity contribution is 7.11. The summed E-state index contributed by atoms with van der Waals surface area (Å²) in [7, 11) is 0. The lowest BCUT2D eigenvalue weighted by Gasteiger charge is -2.11. The van der Waals surface area contributed by atoms with Gasteiger partial charge in [0.1, 0.15) is 0 Å². The van der Waals surface area contributed by atoms with Crippen LogP contribution in [0, 0.1) is 0 Å². The van der Waals surface area contributed by atoms with Gasteiger partial charge in [-0.1, -0.05) is 6.07 Å². The second-order valence-corrected chi connectivity index (χ2v) is 7.80. The molecule has 6 heteroatoms. The van der Waals surface area contributed by atoms with Crippen LogP contribution < -0.4 is 14.8 Å². The summed E-state index contributed by atoms with van der Waals surface area (Å²) in [4.78, 5) is 18.3. The molecule has 0 saturated heterocycles. The van der Waals surface area contributed by atoms with Crippen LogP contribution in [0.5, 0.6) is 11.5 Å². The van der Waals surface area contributed by atoms with Gasteiger partial charge in [-0.2, -0.15) is 0 Å². The van der Waals surface area contributed by atoms with E-state index >= 15 is 0 Å². The minimum Gasteiger partial charge on any atom is -0.490 e. The number of ether oxygens (including phenoxy) is 2. The van der Waals surface area contributed by atoms with Gasteiger partial charge in [-0.15, -0.1) is 11.3 Å². The average Bonchev–Trinajstić information content (AvgIpc) is 3.11. The standard InChI is InChI=1S/C22H28N2O3S/c1-3-26-18-11-9-16(15-19(18)27-4-2)10-12-21(25)23-14-13-22-24-17-7-5-6-8-20(17)28-22/h9-12,15H,3-8,13-14H2,1-2H3,(H,23,25)/b12-10+. The number of benzene rings is 1. The molecular formula is C22H28N2O3S. The Hall–Kier alpha value is -2.34. The maximum Gasteiger partial charge on any atom is 0.244 e. The number of hydrogen-bond acceptors (Lipinski definition) is 5. The van der Waals surface area contributed by atoms with E-state index in [4.69, 9.17) is 14.5 Å². The Morgan fingerprint density at radius 1 is 1.18 bits per heavy atom. The van der Waals surface area contributed by atoms with Gasteiger partial charge < -0.3 is 14.8 Å². The van der Waals surface area contributed by atoms with Gasteiger partial charge >= 0.3 is 0 Å². The molecule has 1 aromatic carbocycles. The molecule has 3 rings (SSSR count). The zero-order chi connectivity index (χ0) is 19.8. The van der Waals surface area contributed by atoms with Gasteiger partial charge in [0.15, 0.2) is 11.5 Å². The SMILES string of the molecule is CCOc1ccc(/C=C/C(=O)NCCc2nc3c(s2)CCCC3)cc1OCC. The first-order valence-corrected chi connectivity index (χ1v) is 10.8. The summed E-state index contributed by atoms with van der Waals surface area (Å²) >= 11 is 1.80. The molecule has 0 fully saturated rings. The van der Waals surface area contributed by atoms with Crippen LogP contribution >= 0.6 is 11.3 Å². The molecule has 2 aromatic rings. The zero-order valence-corrected chi connectivity index (χ0v) is 17.4. The summed E-state index contributed by atoms with van der Waals surface area (Å²) in [6.45, 7) is 5.62. The van der Waals surface area contributed by atoms with Crippen molar-refractivity contribution >= 4 is 23.3 Å². The number of hydrogen-bond donors (Lipinski definition) is 1. The molecule has 0 saturated carbocycles. The van der Waals surface area contributed by atoms with Crippen molar-refractivity contribution in [3.05, 3.63) is 45.4 Å². The number of amides is 1. The summed E-state index contributed by atoms with van der Waals surface area (Å²) in [6, 6.07) is 5.67. The second-order valence-electron chi connectivity index (χ2n) is 6.63. The van der Waals surface area contributed by atoms with E-state index < -0.39 is 0 Å². The first-order valence-electron chi connectivity index (χ1n) is 10.0. The Bertz CT molecular complexity index is 806. The largest absolute Gasteiger partial charge is 0.490 e. The quantitative estimate of drug-likeness (QED) is 0.641. The van der Waals surface area contributed by atoms with Gasteiger partial charge in [-0.25, -0.2) is 4.98 Å². The Balaban J connectivity index is 1.50. The van der Waals surface area contributed by atoms with Crippen LogP contribution in [-0.4, -0.2) is 30.6 Å². The molecule has 28 heavy (non-hydrogen) atoms. The van der Waals surface area contributed by atoms with Crippen LogP contribution in [0.3, 0.4) is 0 Å². The lowest BCUT2D eigenvalue weighted by molar-refractivity contribution is -0.116. The Morgan fingerprint density at radius 2 is 1.96 bits per heavy atom. The van der Waals surface area contributed by atoms with E-state index in [0.717, 1.165) is 35.6 Å². The van der Waals surface area contributed by atoms with Crippen LogP contribution in [0.1, 0.15) is 47.8 Å². The minimum atomic E-state index is -0.104. The highest BCUT2D eigenvalue weighted by Crippen LogP contribution is 2.29. The summed E-state index contributed by atoms with van der Waals surface area (Å²) in [5.41, 5.74) is 2.17. The van der Waals surface area contributed by atoms with Crippen LogP contribution in [0.15, 0.2) is 24.3 Å². The number of aromatic nitrogens is 1. The van der Waals surface area contributed by atoms with Crippen LogP contribution in [-0.2, 0) is 24.1 Å². The number of thiazole rings is 1. The zero-order valence-electron chi connectivity index (χ0n) is 16.6. The third kappa shape index (κ3) is 5.58. The van der Waals surface area contributed by atoms with Crippen molar-refractivity contribution in [1.29, 1.82) is 0 Å². The van der Waals surface area contributed by atoms with Crippen LogP contribution in [0.2, 0.25) is 0 Å². The molecule has 150 valence electrons. The predicted molar refractivity (Wildman–Crippen MR) is 113 cm³/mol. The molecule has 0 bridgehead atoms. The van der Waals surface area contributed by atoms with Crippen LogP contribution in [0.4, 0.5) is 0 Å². The first-order chi connectivity index (χ1) is 13.7. The fraction of sp³-hybridized carbons (Fsp3) is 0.455. The minimum absolute atomic E-state index is 0.104. The summed E-state index contributed by atoms with van der Waals surface area (Å²) in [5.74, 6) is 1.31. The monoisotopic (exact) mass is 400 g/mol. The van der Waals surface area contributed by atoms with Gasteiger partial charge in [-0.3, -0.25) is 4.79 Å². The van der Waals surface area contributed by atoms with Crippen molar-refractivity contribution in [2.24, 2.45) is 0 Å². The fourth-order valence-corrected chi connectivity index (χ4v) is 4.36. The number of fused-ring (bicyclic) bond motifs is 1. The highest BCUT2D eigenvalue weighted by Gasteiger charge is 2.14. The number of rotatable bonds is 9. The third-order valence-electron chi connectivity index (χ3n) is 4.52. The van der Waals surface area contributed by atoms with E-state index in [1.165, 1.54) is 23.4 Å². The molecule has 0 spiro atoms. The van der Waals surface area contributed by atoms with Gasteiger partial charge in [0.05, 0.1) is 23.9 Å². The number of aryl methyl sites for hydroxylation is 2. The molecule has 1 aliphatic rings. The second kappa shape index (κ2) is 10.3. The lowest BCUT2D eigenvalue weighted by Crippen LogP contribution is -2.23. The van der Waals surface area contributed by atoms with E-state index in [-0.39, 0.29) is 5.91 Å². The molecule has 0 radical (unpaired) electrons. The van der Waals surface area contributed by atoms with Crippen molar-refractivity contribution in [3.63, 3.8) is 0 Å². The average molecular weight is 401 g/mol. The Kier molecular flexibility index (Phi) is 7.48. The predicted octanol–water partition coefficient (Wildman–Crippen LogP) is 4.19. The number of nitrogens with one attached hydrogen (secondary N) is 1. The summed E-state index contributed by atoms with van der Waals surface area (Å²) in [6.07, 6.45) is 8.91. The van der Waals surface area contributed by atoms with E-state index in [2.05, 4.69) is 5.32 Å². The molecule has 5 nitrogen and oxygen atoms in total. The normalized spacial score (nSPS) is 13.4. The van der Waals surface area contributed by atoms with Crippen molar-refractivity contribution < 1.29 is 14.3 Å². The molecule has 0 unspecified atom stereocenters. The van der Waals surface area contributed by atoms with E-state index in [1.807, 2.05) is 32.0 Å². The fourth-order valence-electron chi connectivity index (χ4n) is 3.21. The van der Waals surface area contributed by atoms with Crippen LogP contribution in [0.25, 0.3) is 6.08 Å². The molecule has 0 atom stereocenters. The van der Waals surface area contributed by atoms with Crippen molar-refractivity contribution in [1.82, 2.24) is 10.3 Å². The number of nitrogens with zero attached hydrogens (tertiary/aromatic N) is 1. The molecule has 1 heterocycles. The number of carbonyl (C=O) groups excluding carboxylic acids is 1. The summed E-state index contributed by atoms with van der Waals surface area (Å²) < 4.78 is 11.2. The maximum absolute atomic E-state index is 12.1. The smallest absolute Gasteiger partial charge is 0.244 e. The first kappa shape index (κ1) is 20.4. The molecule has 1 amide bonds. The molecular weight excluding hydrogens is 372 g/mol. The number of carbonyl (C=O) groups is 1. The van der Waals surface area contributed by atoms with Crippen molar-refractivity contribution in [2.45, 2.75) is 46.0 Å². The molecule has 1 aromatic heterocycles. The Morgan fingerprint density at radius 3 is 2.75 bits per heavy atom. The lowest BCUT2D eigenvalue weighted by atomic mass is 10.0. The van der Waals surface area contributed by atoms with Crippen molar-refractivity contribution in [2.75, 3.05) is 19.8 Å². The topological polar surface area (TPSA) is 60.5 Å². The molecule has 1 N–H and O–H groups in total. The van der Waals surface area contributed by atoms with E-state index in [9.17, 15) is 4.79 Å². The van der Waals surface area contributed by atoms with Gasteiger partial charge in [0.25, 0.3) is 0 Å². The summed E-state index contributed by atoms with van der Waals surface area (Å²) in [5, 5.41) is 4.07.